The lowest BCUT2D eigenvalue weighted by Gasteiger charge is -2.27. The lowest BCUT2D eigenvalue weighted by atomic mass is 10.0. The molecule has 1 saturated carbocycles. The molecule has 0 aliphatic heterocycles. The van der Waals surface area contributed by atoms with Crippen LogP contribution in [0.15, 0.2) is 12.2 Å². The standard InChI is InChI=1S/C11H18O2/c1-3-12-10-8-5-6-9(7-8)11(10)13-4-2/h5-6,8-11H,3-4,7H2,1-2H3. The maximum atomic E-state index is 5.73. The van der Waals surface area contributed by atoms with E-state index in [0.717, 1.165) is 13.2 Å². The Morgan fingerprint density at radius 3 is 1.85 bits per heavy atom. The summed E-state index contributed by atoms with van der Waals surface area (Å²) in [7, 11) is 0. The molecule has 0 aromatic carbocycles. The fraction of sp³-hybridized carbons (Fsp3) is 0.818. The van der Waals surface area contributed by atoms with Gasteiger partial charge in [0.05, 0.1) is 12.2 Å². The Hall–Kier alpha value is -0.340. The minimum atomic E-state index is 0.319. The highest BCUT2D eigenvalue weighted by Gasteiger charge is 2.45. The number of fused-ring (bicyclic) bond motifs is 2. The molecule has 4 atom stereocenters. The van der Waals surface area contributed by atoms with Crippen LogP contribution in [0.1, 0.15) is 20.3 Å². The van der Waals surface area contributed by atoms with Gasteiger partial charge in [-0.1, -0.05) is 12.2 Å². The van der Waals surface area contributed by atoms with Crippen LogP contribution in [0.3, 0.4) is 0 Å². The van der Waals surface area contributed by atoms with Gasteiger partial charge in [-0.05, 0) is 20.3 Å². The Labute approximate surface area is 79.9 Å². The molecule has 13 heavy (non-hydrogen) atoms. The maximum Gasteiger partial charge on any atom is 0.0904 e. The minimum absolute atomic E-state index is 0.319. The van der Waals surface area contributed by atoms with Crippen molar-refractivity contribution in [3.05, 3.63) is 12.2 Å². The largest absolute Gasteiger partial charge is 0.375 e. The summed E-state index contributed by atoms with van der Waals surface area (Å²) in [6.45, 7) is 5.70. The molecule has 2 aliphatic carbocycles. The minimum Gasteiger partial charge on any atom is -0.375 e. The van der Waals surface area contributed by atoms with Crippen LogP contribution in [-0.2, 0) is 9.47 Å². The first-order valence-corrected chi connectivity index (χ1v) is 5.28. The van der Waals surface area contributed by atoms with E-state index in [2.05, 4.69) is 26.0 Å². The third-order valence-corrected chi connectivity index (χ3v) is 3.04. The molecule has 0 amide bonds. The average Bonchev–Trinajstić information content (AvgIpc) is 2.69. The van der Waals surface area contributed by atoms with E-state index in [9.17, 15) is 0 Å². The van der Waals surface area contributed by atoms with Crippen LogP contribution in [0.2, 0.25) is 0 Å². The molecule has 2 heteroatoms. The molecule has 1 fully saturated rings. The zero-order valence-corrected chi connectivity index (χ0v) is 8.40. The van der Waals surface area contributed by atoms with Crippen LogP contribution in [0, 0.1) is 11.8 Å². The van der Waals surface area contributed by atoms with Gasteiger partial charge in [0, 0.05) is 25.0 Å². The van der Waals surface area contributed by atoms with Gasteiger partial charge < -0.3 is 9.47 Å². The number of hydrogen-bond acceptors (Lipinski definition) is 2. The van der Waals surface area contributed by atoms with Crippen LogP contribution < -0.4 is 0 Å². The van der Waals surface area contributed by atoms with Crippen molar-refractivity contribution in [1.82, 2.24) is 0 Å². The van der Waals surface area contributed by atoms with Crippen LogP contribution in [0.4, 0.5) is 0 Å². The number of rotatable bonds is 4. The van der Waals surface area contributed by atoms with Crippen LogP contribution in [0.25, 0.3) is 0 Å². The van der Waals surface area contributed by atoms with Crippen molar-refractivity contribution in [3.63, 3.8) is 0 Å². The van der Waals surface area contributed by atoms with Crippen LogP contribution in [-0.4, -0.2) is 25.4 Å². The van der Waals surface area contributed by atoms with Gasteiger partial charge in [-0.15, -0.1) is 0 Å². The van der Waals surface area contributed by atoms with Crippen molar-refractivity contribution in [2.45, 2.75) is 32.5 Å². The van der Waals surface area contributed by atoms with Crippen molar-refractivity contribution in [2.24, 2.45) is 11.8 Å². The third kappa shape index (κ3) is 1.53. The highest BCUT2D eigenvalue weighted by atomic mass is 16.5. The highest BCUT2D eigenvalue weighted by Crippen LogP contribution is 2.42. The fourth-order valence-corrected chi connectivity index (χ4v) is 2.55. The lowest BCUT2D eigenvalue weighted by molar-refractivity contribution is -0.0711. The molecule has 74 valence electrons. The summed E-state index contributed by atoms with van der Waals surface area (Å²) in [6.07, 6.45) is 6.45. The predicted molar refractivity (Wildman–Crippen MR) is 51.6 cm³/mol. The van der Waals surface area contributed by atoms with Gasteiger partial charge in [-0.3, -0.25) is 0 Å². The molecule has 0 radical (unpaired) electrons. The molecule has 0 aromatic rings. The highest BCUT2D eigenvalue weighted by molar-refractivity contribution is 5.15. The third-order valence-electron chi connectivity index (χ3n) is 3.04. The summed E-state index contributed by atoms with van der Waals surface area (Å²) in [5.41, 5.74) is 0. The second kappa shape index (κ2) is 3.81. The second-order valence-electron chi connectivity index (χ2n) is 3.79. The van der Waals surface area contributed by atoms with Gasteiger partial charge in [-0.2, -0.15) is 0 Å². The molecule has 2 aliphatic rings. The molecule has 0 heterocycles. The molecular formula is C11H18O2. The lowest BCUT2D eigenvalue weighted by Crippen LogP contribution is -2.35. The summed E-state index contributed by atoms with van der Waals surface area (Å²) < 4.78 is 11.5. The monoisotopic (exact) mass is 182 g/mol. The van der Waals surface area contributed by atoms with E-state index >= 15 is 0 Å². The summed E-state index contributed by atoms with van der Waals surface area (Å²) in [5.74, 6) is 1.22. The summed E-state index contributed by atoms with van der Waals surface area (Å²) in [5, 5.41) is 0. The summed E-state index contributed by atoms with van der Waals surface area (Å²) >= 11 is 0. The van der Waals surface area contributed by atoms with E-state index in [1.165, 1.54) is 6.42 Å². The Morgan fingerprint density at radius 1 is 1.00 bits per heavy atom. The molecular weight excluding hydrogens is 164 g/mol. The van der Waals surface area contributed by atoms with E-state index in [1.807, 2.05) is 0 Å². The SMILES string of the molecule is CCOC1C2C=CC(C2)C1OCC. The van der Waals surface area contributed by atoms with Gasteiger partial charge in [0.15, 0.2) is 0 Å². The van der Waals surface area contributed by atoms with E-state index in [0.29, 0.717) is 24.0 Å². The van der Waals surface area contributed by atoms with Crippen molar-refractivity contribution in [2.75, 3.05) is 13.2 Å². The molecule has 0 saturated heterocycles. The first-order chi connectivity index (χ1) is 6.36. The summed E-state index contributed by atoms with van der Waals surface area (Å²) in [4.78, 5) is 0. The number of hydrogen-bond donors (Lipinski definition) is 0. The first kappa shape index (κ1) is 9.22. The smallest absolute Gasteiger partial charge is 0.0904 e. The Morgan fingerprint density at radius 2 is 1.46 bits per heavy atom. The second-order valence-corrected chi connectivity index (χ2v) is 3.79. The summed E-state index contributed by atoms with van der Waals surface area (Å²) in [6, 6.07) is 0. The molecule has 0 spiro atoms. The maximum absolute atomic E-state index is 5.73. The van der Waals surface area contributed by atoms with Crippen molar-refractivity contribution in [1.29, 1.82) is 0 Å². The van der Waals surface area contributed by atoms with Crippen molar-refractivity contribution < 1.29 is 9.47 Å². The number of ether oxygens (including phenoxy) is 2. The van der Waals surface area contributed by atoms with Gasteiger partial charge in [0.25, 0.3) is 0 Å². The quantitative estimate of drug-likeness (QED) is 0.619. The van der Waals surface area contributed by atoms with E-state index in [1.54, 1.807) is 0 Å². The van der Waals surface area contributed by atoms with Gasteiger partial charge >= 0.3 is 0 Å². The predicted octanol–water partition coefficient (Wildman–Crippen LogP) is 2.00. The topological polar surface area (TPSA) is 18.5 Å². The van der Waals surface area contributed by atoms with E-state index in [4.69, 9.17) is 9.47 Å². The molecule has 0 aromatic heterocycles. The Kier molecular flexibility index (Phi) is 2.70. The zero-order chi connectivity index (χ0) is 9.26. The van der Waals surface area contributed by atoms with Crippen LogP contribution in [0.5, 0.6) is 0 Å². The van der Waals surface area contributed by atoms with Crippen molar-refractivity contribution >= 4 is 0 Å². The molecule has 2 nitrogen and oxygen atoms in total. The van der Waals surface area contributed by atoms with E-state index in [-0.39, 0.29) is 0 Å². The normalized spacial score (nSPS) is 41.7. The average molecular weight is 182 g/mol. The van der Waals surface area contributed by atoms with E-state index < -0.39 is 0 Å². The first-order valence-electron chi connectivity index (χ1n) is 5.28. The molecule has 2 bridgehead atoms. The Bertz CT molecular complexity index is 180. The Balaban J connectivity index is 2.02. The molecule has 4 unspecified atom stereocenters. The van der Waals surface area contributed by atoms with Gasteiger partial charge in [0.1, 0.15) is 0 Å². The fourth-order valence-electron chi connectivity index (χ4n) is 2.55. The molecule has 2 rings (SSSR count). The van der Waals surface area contributed by atoms with Crippen LogP contribution >= 0.6 is 0 Å². The van der Waals surface area contributed by atoms with Gasteiger partial charge in [0.2, 0.25) is 0 Å². The van der Waals surface area contributed by atoms with Gasteiger partial charge in [-0.25, -0.2) is 0 Å². The molecule has 0 N–H and O–H groups in total. The zero-order valence-electron chi connectivity index (χ0n) is 8.40. The van der Waals surface area contributed by atoms with Crippen molar-refractivity contribution in [3.8, 4) is 0 Å².